The van der Waals surface area contributed by atoms with E-state index in [1.54, 1.807) is 18.2 Å². The fraction of sp³-hybridized carbons (Fsp3) is 0.462. The number of nitrogens with one attached hydrogen (secondary N) is 2. The van der Waals surface area contributed by atoms with Gasteiger partial charge in [0, 0.05) is 6.04 Å². The molecular formula is C13H18Cl2N2O. The zero-order valence-corrected chi connectivity index (χ0v) is 12.5. The highest BCUT2D eigenvalue weighted by atomic mass is 35.5. The van der Waals surface area contributed by atoms with E-state index in [-0.39, 0.29) is 17.5 Å². The molecule has 0 bridgehead atoms. The molecule has 0 saturated carbocycles. The summed E-state index contributed by atoms with van der Waals surface area (Å²) >= 11 is 11.9. The van der Waals surface area contributed by atoms with E-state index in [2.05, 4.69) is 31.4 Å². The highest BCUT2D eigenvalue weighted by Crippen LogP contribution is 2.29. The lowest BCUT2D eigenvalue weighted by Gasteiger charge is -2.28. The molecule has 1 unspecified atom stereocenters. The summed E-state index contributed by atoms with van der Waals surface area (Å²) in [4.78, 5) is 11.8. The second kappa shape index (κ2) is 5.81. The van der Waals surface area contributed by atoms with Gasteiger partial charge in [-0.05, 0) is 24.5 Å². The van der Waals surface area contributed by atoms with Crippen molar-refractivity contribution >= 4 is 34.9 Å². The van der Waals surface area contributed by atoms with E-state index in [9.17, 15) is 4.79 Å². The van der Waals surface area contributed by atoms with Crippen molar-refractivity contribution < 1.29 is 4.79 Å². The van der Waals surface area contributed by atoms with Crippen LogP contribution >= 0.6 is 23.2 Å². The summed E-state index contributed by atoms with van der Waals surface area (Å²) in [6.07, 6.45) is 0. The van der Waals surface area contributed by atoms with Gasteiger partial charge in [-0.25, -0.2) is 4.79 Å². The molecule has 100 valence electrons. The molecular weight excluding hydrogens is 271 g/mol. The molecule has 5 heteroatoms. The number of halogens is 2. The fourth-order valence-electron chi connectivity index (χ4n) is 1.17. The maximum Gasteiger partial charge on any atom is 0.319 e. The summed E-state index contributed by atoms with van der Waals surface area (Å²) in [7, 11) is 0. The van der Waals surface area contributed by atoms with Gasteiger partial charge < -0.3 is 10.6 Å². The lowest BCUT2D eigenvalue weighted by Crippen LogP contribution is -2.43. The van der Waals surface area contributed by atoms with Gasteiger partial charge in [-0.2, -0.15) is 0 Å². The number of hydrogen-bond acceptors (Lipinski definition) is 1. The van der Waals surface area contributed by atoms with Crippen molar-refractivity contribution in [3.8, 4) is 0 Å². The van der Waals surface area contributed by atoms with E-state index >= 15 is 0 Å². The number of hydrogen-bond donors (Lipinski definition) is 2. The normalized spacial score (nSPS) is 13.0. The summed E-state index contributed by atoms with van der Waals surface area (Å²) < 4.78 is 0. The number of anilines is 1. The number of carbonyl (C=O) groups is 1. The predicted octanol–water partition coefficient (Wildman–Crippen LogP) is 4.55. The summed E-state index contributed by atoms with van der Waals surface area (Å²) in [5.41, 5.74) is 0.498. The van der Waals surface area contributed by atoms with Crippen LogP contribution in [0.4, 0.5) is 10.5 Å². The Balaban J connectivity index is 2.69. The first-order valence-electron chi connectivity index (χ1n) is 5.73. The molecule has 3 nitrogen and oxygen atoms in total. The molecule has 0 radical (unpaired) electrons. The Morgan fingerprint density at radius 2 is 1.89 bits per heavy atom. The van der Waals surface area contributed by atoms with E-state index < -0.39 is 0 Å². The van der Waals surface area contributed by atoms with Gasteiger partial charge in [0.1, 0.15) is 0 Å². The molecule has 1 aromatic carbocycles. The van der Waals surface area contributed by atoms with Crippen LogP contribution in [0.15, 0.2) is 18.2 Å². The van der Waals surface area contributed by atoms with E-state index in [0.29, 0.717) is 15.7 Å². The molecule has 0 saturated heterocycles. The average Bonchev–Trinajstić information content (AvgIpc) is 2.23. The van der Waals surface area contributed by atoms with E-state index in [4.69, 9.17) is 23.2 Å². The van der Waals surface area contributed by atoms with Crippen molar-refractivity contribution in [1.29, 1.82) is 0 Å². The second-order valence-corrected chi connectivity index (χ2v) is 6.07. The monoisotopic (exact) mass is 288 g/mol. The van der Waals surface area contributed by atoms with E-state index in [0.717, 1.165) is 0 Å². The van der Waals surface area contributed by atoms with Gasteiger partial charge in [-0.1, -0.05) is 50.0 Å². The molecule has 0 aliphatic carbocycles. The summed E-state index contributed by atoms with van der Waals surface area (Å²) in [6.45, 7) is 8.14. The maximum atomic E-state index is 11.8. The molecule has 1 rings (SSSR count). The van der Waals surface area contributed by atoms with Crippen molar-refractivity contribution in [2.75, 3.05) is 5.32 Å². The first-order chi connectivity index (χ1) is 8.21. The Morgan fingerprint density at radius 3 is 2.44 bits per heavy atom. The first kappa shape index (κ1) is 15.1. The molecule has 2 amide bonds. The smallest absolute Gasteiger partial charge is 0.319 e. The Labute approximate surface area is 118 Å². The number of amides is 2. The number of rotatable bonds is 2. The number of benzene rings is 1. The van der Waals surface area contributed by atoms with Crippen LogP contribution in [0.1, 0.15) is 27.7 Å². The molecule has 0 fully saturated rings. The SMILES string of the molecule is CC(NC(=O)Nc1cccc(Cl)c1Cl)C(C)(C)C. The Bertz CT molecular complexity index is 441. The highest BCUT2D eigenvalue weighted by Gasteiger charge is 2.21. The minimum absolute atomic E-state index is 0.00450. The largest absolute Gasteiger partial charge is 0.335 e. The van der Waals surface area contributed by atoms with E-state index in [1.807, 2.05) is 6.92 Å². The molecule has 0 spiro atoms. The van der Waals surface area contributed by atoms with Crippen molar-refractivity contribution in [3.63, 3.8) is 0 Å². The van der Waals surface area contributed by atoms with Crippen LogP contribution in [0, 0.1) is 5.41 Å². The zero-order valence-electron chi connectivity index (χ0n) is 11.0. The van der Waals surface area contributed by atoms with Gasteiger partial charge in [0.25, 0.3) is 0 Å². The zero-order chi connectivity index (χ0) is 13.9. The highest BCUT2D eigenvalue weighted by molar-refractivity contribution is 6.43. The maximum absolute atomic E-state index is 11.8. The van der Waals surface area contributed by atoms with Crippen LogP contribution in [-0.4, -0.2) is 12.1 Å². The van der Waals surface area contributed by atoms with Crippen molar-refractivity contribution in [2.45, 2.75) is 33.7 Å². The quantitative estimate of drug-likeness (QED) is 0.824. The van der Waals surface area contributed by atoms with Crippen LogP contribution in [0.5, 0.6) is 0 Å². The second-order valence-electron chi connectivity index (χ2n) is 5.29. The van der Waals surface area contributed by atoms with Gasteiger partial charge in [-0.15, -0.1) is 0 Å². The van der Waals surface area contributed by atoms with Gasteiger partial charge in [0.2, 0.25) is 0 Å². The summed E-state index contributed by atoms with van der Waals surface area (Å²) in [6, 6.07) is 4.86. The Hall–Kier alpha value is -0.930. The minimum Gasteiger partial charge on any atom is -0.335 e. The molecule has 0 aliphatic rings. The van der Waals surface area contributed by atoms with Crippen molar-refractivity contribution in [3.05, 3.63) is 28.2 Å². The Kier molecular flexibility index (Phi) is 4.88. The summed E-state index contributed by atoms with van der Waals surface area (Å²) in [5.74, 6) is 0. The third-order valence-corrected chi connectivity index (χ3v) is 3.67. The summed E-state index contributed by atoms with van der Waals surface area (Å²) in [5, 5.41) is 6.31. The first-order valence-corrected chi connectivity index (χ1v) is 6.49. The molecule has 0 heterocycles. The molecule has 2 N–H and O–H groups in total. The van der Waals surface area contributed by atoms with Gasteiger partial charge in [-0.3, -0.25) is 0 Å². The number of carbonyl (C=O) groups excluding carboxylic acids is 1. The van der Waals surface area contributed by atoms with Gasteiger partial charge in [0.05, 0.1) is 15.7 Å². The average molecular weight is 289 g/mol. The van der Waals surface area contributed by atoms with Crippen molar-refractivity contribution in [1.82, 2.24) is 5.32 Å². The topological polar surface area (TPSA) is 41.1 Å². The van der Waals surface area contributed by atoms with Crippen LogP contribution in [0.25, 0.3) is 0 Å². The van der Waals surface area contributed by atoms with Crippen LogP contribution in [0.3, 0.4) is 0 Å². The van der Waals surface area contributed by atoms with Crippen LogP contribution in [0.2, 0.25) is 10.0 Å². The number of urea groups is 1. The lowest BCUT2D eigenvalue weighted by molar-refractivity contribution is 0.233. The predicted molar refractivity (Wildman–Crippen MR) is 77.5 cm³/mol. The third kappa shape index (κ3) is 4.07. The molecule has 18 heavy (non-hydrogen) atoms. The molecule has 0 aromatic heterocycles. The van der Waals surface area contributed by atoms with Crippen LogP contribution in [-0.2, 0) is 0 Å². The fourth-order valence-corrected chi connectivity index (χ4v) is 1.52. The third-order valence-electron chi connectivity index (χ3n) is 2.85. The standard InChI is InChI=1S/C13H18Cl2N2O/c1-8(13(2,3)4)16-12(18)17-10-7-5-6-9(14)11(10)15/h5-8H,1-4H3,(H2,16,17,18). The van der Waals surface area contributed by atoms with Crippen LogP contribution < -0.4 is 10.6 Å². The van der Waals surface area contributed by atoms with Gasteiger partial charge in [0.15, 0.2) is 0 Å². The minimum atomic E-state index is -0.290. The lowest BCUT2D eigenvalue weighted by atomic mass is 9.88. The molecule has 1 atom stereocenters. The Morgan fingerprint density at radius 1 is 1.28 bits per heavy atom. The molecule has 1 aromatic rings. The van der Waals surface area contributed by atoms with Gasteiger partial charge >= 0.3 is 6.03 Å². The van der Waals surface area contributed by atoms with Crippen molar-refractivity contribution in [2.24, 2.45) is 5.41 Å². The van der Waals surface area contributed by atoms with E-state index in [1.165, 1.54) is 0 Å². The molecule has 0 aliphatic heterocycles.